The van der Waals surface area contributed by atoms with Gasteiger partial charge in [-0.05, 0) is 32.7 Å². The average molecular weight is 300 g/mol. The summed E-state index contributed by atoms with van der Waals surface area (Å²) >= 11 is 0. The molecule has 1 unspecified atom stereocenters. The summed E-state index contributed by atoms with van der Waals surface area (Å²) in [5.74, 6) is 0.694. The lowest BCUT2D eigenvalue weighted by Crippen LogP contribution is -2.48. The summed E-state index contributed by atoms with van der Waals surface area (Å²) in [6.45, 7) is 8.48. The molecule has 1 heterocycles. The number of aliphatic hydroxyl groups is 1. The smallest absolute Gasteiger partial charge is 0.234 e. The minimum Gasteiger partial charge on any atom is -0.388 e. The van der Waals surface area contributed by atoms with Gasteiger partial charge in [0.25, 0.3) is 0 Å². The Morgan fingerprint density at radius 1 is 1.29 bits per heavy atom. The zero-order valence-electron chi connectivity index (χ0n) is 14.0. The predicted molar refractivity (Wildman–Crippen MR) is 84.2 cm³/mol. The van der Waals surface area contributed by atoms with Gasteiger partial charge in [-0.15, -0.1) is 0 Å². The maximum Gasteiger partial charge on any atom is 0.234 e. The van der Waals surface area contributed by atoms with Gasteiger partial charge in [0.15, 0.2) is 0 Å². The third-order valence-corrected chi connectivity index (χ3v) is 3.99. The highest BCUT2D eigenvalue weighted by Crippen LogP contribution is 2.21. The number of carbonyl (C=O) groups is 1. The quantitative estimate of drug-likeness (QED) is 0.711. The van der Waals surface area contributed by atoms with E-state index in [-0.39, 0.29) is 11.9 Å². The minimum absolute atomic E-state index is 0.0319. The molecule has 0 aliphatic carbocycles. The molecule has 1 fully saturated rings. The van der Waals surface area contributed by atoms with Crippen molar-refractivity contribution < 1.29 is 14.6 Å². The van der Waals surface area contributed by atoms with Crippen LogP contribution in [0.25, 0.3) is 0 Å². The van der Waals surface area contributed by atoms with Gasteiger partial charge in [-0.3, -0.25) is 9.69 Å². The predicted octanol–water partition coefficient (Wildman–Crippen LogP) is 1.40. The highest BCUT2D eigenvalue weighted by molar-refractivity contribution is 5.78. The molecule has 0 saturated carbocycles. The number of hydrogen-bond acceptors (Lipinski definition) is 4. The lowest BCUT2D eigenvalue weighted by Gasteiger charge is -2.35. The van der Waals surface area contributed by atoms with E-state index in [1.165, 1.54) is 0 Å². The third-order valence-electron chi connectivity index (χ3n) is 3.99. The lowest BCUT2D eigenvalue weighted by atomic mass is 9.94. The number of amides is 1. The molecule has 0 radical (unpaired) electrons. The molecule has 5 nitrogen and oxygen atoms in total. The Labute approximate surface area is 129 Å². The topological polar surface area (TPSA) is 61.8 Å². The van der Waals surface area contributed by atoms with Crippen molar-refractivity contribution >= 4 is 5.91 Å². The average Bonchev–Trinajstić information content (AvgIpc) is 2.36. The van der Waals surface area contributed by atoms with Crippen LogP contribution in [0.2, 0.25) is 0 Å². The van der Waals surface area contributed by atoms with Crippen LogP contribution < -0.4 is 5.32 Å². The van der Waals surface area contributed by atoms with Gasteiger partial charge in [0.05, 0.1) is 12.1 Å². The molecule has 1 amide bonds. The van der Waals surface area contributed by atoms with Crippen molar-refractivity contribution in [2.75, 3.05) is 33.4 Å². The Morgan fingerprint density at radius 3 is 2.48 bits per heavy atom. The molecule has 0 aromatic carbocycles. The van der Waals surface area contributed by atoms with Crippen LogP contribution >= 0.6 is 0 Å². The van der Waals surface area contributed by atoms with E-state index in [0.29, 0.717) is 45.1 Å². The van der Waals surface area contributed by atoms with E-state index in [9.17, 15) is 9.90 Å². The van der Waals surface area contributed by atoms with E-state index in [4.69, 9.17) is 4.74 Å². The first-order valence-electron chi connectivity index (χ1n) is 8.09. The van der Waals surface area contributed by atoms with Gasteiger partial charge in [0, 0.05) is 38.6 Å². The molecule has 1 atom stereocenters. The summed E-state index contributed by atoms with van der Waals surface area (Å²) in [6.07, 6.45) is 3.42. The maximum absolute atomic E-state index is 12.0. The fraction of sp³-hybridized carbons (Fsp3) is 0.938. The maximum atomic E-state index is 12.0. The van der Waals surface area contributed by atoms with E-state index in [2.05, 4.69) is 19.2 Å². The molecule has 1 aliphatic rings. The Bertz CT molecular complexity index is 315. The first-order chi connectivity index (χ1) is 9.81. The van der Waals surface area contributed by atoms with Crippen LogP contribution in [-0.4, -0.2) is 60.9 Å². The van der Waals surface area contributed by atoms with E-state index in [1.807, 2.05) is 18.9 Å². The molecule has 0 aromatic heterocycles. The molecular weight excluding hydrogens is 268 g/mol. The molecule has 1 aliphatic heterocycles. The van der Waals surface area contributed by atoms with Crippen LogP contribution in [0.5, 0.6) is 0 Å². The van der Waals surface area contributed by atoms with E-state index >= 15 is 0 Å². The Hall–Kier alpha value is -0.650. The number of nitrogens with one attached hydrogen (secondary N) is 1. The number of hydrogen-bond donors (Lipinski definition) is 2. The Balaban J connectivity index is 2.26. The van der Waals surface area contributed by atoms with Crippen molar-refractivity contribution in [3.8, 4) is 0 Å². The molecule has 0 spiro atoms. The standard InChI is InChI=1S/C16H32N2O3/c1-13(2)5-6-14(3)17-15(19)11-18(4)12-16(20)7-9-21-10-8-16/h13-14,20H,5-12H2,1-4H3,(H,17,19). The first kappa shape index (κ1) is 18.4. The minimum atomic E-state index is -0.712. The SMILES string of the molecule is CC(C)CCC(C)NC(=O)CN(C)CC1(O)CCOCC1. The molecule has 0 aromatic rings. The number of rotatable bonds is 8. The largest absolute Gasteiger partial charge is 0.388 e. The van der Waals surface area contributed by atoms with E-state index in [1.54, 1.807) is 0 Å². The molecular formula is C16H32N2O3. The zero-order chi connectivity index (χ0) is 15.9. The second kappa shape index (κ2) is 8.71. The summed E-state index contributed by atoms with van der Waals surface area (Å²) in [6, 6.07) is 0.208. The summed E-state index contributed by atoms with van der Waals surface area (Å²) in [7, 11) is 1.88. The van der Waals surface area contributed by atoms with Crippen LogP contribution in [0, 0.1) is 5.92 Å². The van der Waals surface area contributed by atoms with Crippen LogP contribution in [0.15, 0.2) is 0 Å². The summed E-state index contributed by atoms with van der Waals surface area (Å²) < 4.78 is 5.27. The normalized spacial score (nSPS) is 19.8. The zero-order valence-corrected chi connectivity index (χ0v) is 14.0. The highest BCUT2D eigenvalue weighted by atomic mass is 16.5. The molecule has 124 valence electrons. The molecule has 0 bridgehead atoms. The van der Waals surface area contributed by atoms with Crippen molar-refractivity contribution in [3.63, 3.8) is 0 Å². The van der Waals surface area contributed by atoms with Crippen molar-refractivity contribution in [1.82, 2.24) is 10.2 Å². The van der Waals surface area contributed by atoms with Gasteiger partial charge in [-0.2, -0.15) is 0 Å². The molecule has 21 heavy (non-hydrogen) atoms. The number of likely N-dealkylation sites (N-methyl/N-ethyl adjacent to an activating group) is 1. The third kappa shape index (κ3) is 7.79. The fourth-order valence-electron chi connectivity index (χ4n) is 2.69. The summed E-state index contributed by atoms with van der Waals surface area (Å²) in [4.78, 5) is 13.9. The Kier molecular flexibility index (Phi) is 7.63. The number of ether oxygens (including phenoxy) is 1. The molecule has 1 rings (SSSR count). The van der Waals surface area contributed by atoms with Crippen molar-refractivity contribution in [3.05, 3.63) is 0 Å². The van der Waals surface area contributed by atoms with E-state index < -0.39 is 5.60 Å². The van der Waals surface area contributed by atoms with Gasteiger partial charge in [0.1, 0.15) is 0 Å². The monoisotopic (exact) mass is 300 g/mol. The van der Waals surface area contributed by atoms with Gasteiger partial charge in [-0.1, -0.05) is 13.8 Å². The van der Waals surface area contributed by atoms with Crippen molar-refractivity contribution in [1.29, 1.82) is 0 Å². The molecule has 5 heteroatoms. The fourth-order valence-corrected chi connectivity index (χ4v) is 2.69. The first-order valence-corrected chi connectivity index (χ1v) is 8.09. The molecule has 1 saturated heterocycles. The van der Waals surface area contributed by atoms with Crippen molar-refractivity contribution in [2.24, 2.45) is 5.92 Å². The Morgan fingerprint density at radius 2 is 1.90 bits per heavy atom. The van der Waals surface area contributed by atoms with E-state index in [0.717, 1.165) is 12.8 Å². The van der Waals surface area contributed by atoms with Gasteiger partial charge in [0.2, 0.25) is 5.91 Å². The second-order valence-electron chi connectivity index (χ2n) is 6.95. The van der Waals surface area contributed by atoms with Crippen LogP contribution in [-0.2, 0) is 9.53 Å². The summed E-state index contributed by atoms with van der Waals surface area (Å²) in [5.41, 5.74) is -0.712. The van der Waals surface area contributed by atoms with Gasteiger partial charge >= 0.3 is 0 Å². The van der Waals surface area contributed by atoms with Gasteiger partial charge < -0.3 is 15.2 Å². The number of carbonyl (C=O) groups excluding carboxylic acids is 1. The van der Waals surface area contributed by atoms with Crippen LogP contribution in [0.1, 0.15) is 46.5 Å². The lowest BCUT2D eigenvalue weighted by molar-refractivity contribution is -0.124. The number of nitrogens with zero attached hydrogens (tertiary/aromatic N) is 1. The van der Waals surface area contributed by atoms with Crippen LogP contribution in [0.4, 0.5) is 0 Å². The van der Waals surface area contributed by atoms with Crippen molar-refractivity contribution in [2.45, 2.75) is 58.1 Å². The van der Waals surface area contributed by atoms with Gasteiger partial charge in [-0.25, -0.2) is 0 Å². The van der Waals surface area contributed by atoms with Crippen LogP contribution in [0.3, 0.4) is 0 Å². The summed E-state index contributed by atoms with van der Waals surface area (Å²) in [5, 5.41) is 13.5. The molecule has 2 N–H and O–H groups in total. The highest BCUT2D eigenvalue weighted by Gasteiger charge is 2.31. The second-order valence-corrected chi connectivity index (χ2v) is 6.95.